The van der Waals surface area contributed by atoms with E-state index in [4.69, 9.17) is 18.0 Å². The van der Waals surface area contributed by atoms with Gasteiger partial charge in [-0.25, -0.2) is 17.1 Å². The van der Waals surface area contributed by atoms with Crippen LogP contribution in [0.3, 0.4) is 0 Å². The highest BCUT2D eigenvalue weighted by molar-refractivity contribution is 7.89. The van der Waals surface area contributed by atoms with Gasteiger partial charge in [0.15, 0.2) is 0 Å². The standard InChI is InChI=1S/C11H16FN3O2S2/c1-15(2)19(16,17)6-5-14-10-4-3-8(11(13)18)7-9(10)12/h3-4,7,14H,5-6H2,1-2H3,(H2,13,18). The molecule has 0 aromatic heterocycles. The van der Waals surface area contributed by atoms with Crippen molar-refractivity contribution in [2.45, 2.75) is 0 Å². The lowest BCUT2D eigenvalue weighted by atomic mass is 10.2. The Morgan fingerprint density at radius 2 is 2.11 bits per heavy atom. The summed E-state index contributed by atoms with van der Waals surface area (Å²) in [5, 5.41) is 2.73. The zero-order valence-electron chi connectivity index (χ0n) is 10.7. The maximum absolute atomic E-state index is 13.7. The Hall–Kier alpha value is -1.25. The molecule has 0 fully saturated rings. The van der Waals surface area contributed by atoms with E-state index in [0.717, 1.165) is 4.31 Å². The number of rotatable bonds is 6. The number of hydrogen-bond acceptors (Lipinski definition) is 4. The molecule has 0 spiro atoms. The summed E-state index contributed by atoms with van der Waals surface area (Å²) < 4.78 is 37.8. The number of nitrogens with two attached hydrogens (primary N) is 1. The Morgan fingerprint density at radius 3 is 2.58 bits per heavy atom. The summed E-state index contributed by atoms with van der Waals surface area (Å²) in [4.78, 5) is 0.112. The molecule has 5 nitrogen and oxygen atoms in total. The van der Waals surface area contributed by atoms with Gasteiger partial charge in [0.05, 0.1) is 11.4 Å². The molecule has 0 saturated carbocycles. The van der Waals surface area contributed by atoms with Gasteiger partial charge >= 0.3 is 0 Å². The zero-order valence-corrected chi connectivity index (χ0v) is 12.3. The number of anilines is 1. The molecule has 0 aliphatic carbocycles. The van der Waals surface area contributed by atoms with Crippen LogP contribution in [-0.2, 0) is 10.0 Å². The maximum Gasteiger partial charge on any atom is 0.215 e. The van der Waals surface area contributed by atoms with Gasteiger partial charge in [0.2, 0.25) is 10.0 Å². The fourth-order valence-corrected chi connectivity index (χ4v) is 2.16. The lowest BCUT2D eigenvalue weighted by molar-refractivity contribution is 0.521. The highest BCUT2D eigenvalue weighted by atomic mass is 32.2. The smallest absolute Gasteiger partial charge is 0.215 e. The van der Waals surface area contributed by atoms with E-state index in [1.54, 1.807) is 6.07 Å². The third-order valence-electron chi connectivity index (χ3n) is 2.49. The zero-order chi connectivity index (χ0) is 14.6. The molecule has 106 valence electrons. The van der Waals surface area contributed by atoms with E-state index in [1.807, 2.05) is 0 Å². The molecule has 19 heavy (non-hydrogen) atoms. The van der Waals surface area contributed by atoms with E-state index in [-0.39, 0.29) is 23.0 Å². The van der Waals surface area contributed by atoms with Crippen molar-refractivity contribution in [3.63, 3.8) is 0 Å². The minimum absolute atomic E-state index is 0.112. The largest absolute Gasteiger partial charge is 0.389 e. The van der Waals surface area contributed by atoms with E-state index in [1.165, 1.54) is 26.2 Å². The van der Waals surface area contributed by atoms with Crippen LogP contribution in [0.4, 0.5) is 10.1 Å². The molecule has 8 heteroatoms. The molecule has 0 unspecified atom stereocenters. The van der Waals surface area contributed by atoms with E-state index < -0.39 is 15.8 Å². The summed E-state index contributed by atoms with van der Waals surface area (Å²) in [6.07, 6.45) is 0. The van der Waals surface area contributed by atoms with Crippen LogP contribution in [0.2, 0.25) is 0 Å². The van der Waals surface area contributed by atoms with Crippen LogP contribution >= 0.6 is 12.2 Å². The molecular formula is C11H16FN3O2S2. The van der Waals surface area contributed by atoms with Crippen LogP contribution in [0.5, 0.6) is 0 Å². The first-order valence-corrected chi connectivity index (χ1v) is 7.49. The average Bonchev–Trinajstić information content (AvgIpc) is 2.30. The first-order valence-electron chi connectivity index (χ1n) is 5.47. The highest BCUT2D eigenvalue weighted by Gasteiger charge is 2.13. The van der Waals surface area contributed by atoms with Gasteiger partial charge < -0.3 is 11.1 Å². The van der Waals surface area contributed by atoms with Gasteiger partial charge in [-0.05, 0) is 18.2 Å². The third-order valence-corrected chi connectivity index (χ3v) is 4.55. The molecule has 0 saturated heterocycles. The fraction of sp³-hybridized carbons (Fsp3) is 0.364. The minimum Gasteiger partial charge on any atom is -0.389 e. The molecule has 1 rings (SSSR count). The SMILES string of the molecule is CN(C)S(=O)(=O)CCNc1ccc(C(N)=S)cc1F. The molecule has 0 amide bonds. The summed E-state index contributed by atoms with van der Waals surface area (Å²) >= 11 is 4.74. The van der Waals surface area contributed by atoms with Crippen LogP contribution in [0, 0.1) is 5.82 Å². The van der Waals surface area contributed by atoms with Gasteiger partial charge in [-0.3, -0.25) is 0 Å². The quantitative estimate of drug-likeness (QED) is 0.759. The molecule has 0 aliphatic rings. The van der Waals surface area contributed by atoms with Crippen molar-refractivity contribution in [3.8, 4) is 0 Å². The molecular weight excluding hydrogens is 289 g/mol. The Kier molecular flexibility index (Phi) is 5.21. The van der Waals surface area contributed by atoms with E-state index in [0.29, 0.717) is 5.56 Å². The van der Waals surface area contributed by atoms with Crippen LogP contribution in [0.25, 0.3) is 0 Å². The lowest BCUT2D eigenvalue weighted by Crippen LogP contribution is -2.28. The van der Waals surface area contributed by atoms with Gasteiger partial charge in [0.1, 0.15) is 10.8 Å². The van der Waals surface area contributed by atoms with Gasteiger partial charge in [-0.1, -0.05) is 12.2 Å². The van der Waals surface area contributed by atoms with Crippen molar-refractivity contribution < 1.29 is 12.8 Å². The van der Waals surface area contributed by atoms with Crippen molar-refractivity contribution in [2.75, 3.05) is 31.7 Å². The van der Waals surface area contributed by atoms with Crippen molar-refractivity contribution in [1.82, 2.24) is 4.31 Å². The molecule has 1 aromatic rings. The second-order valence-electron chi connectivity index (χ2n) is 4.08. The highest BCUT2D eigenvalue weighted by Crippen LogP contribution is 2.15. The summed E-state index contributed by atoms with van der Waals surface area (Å²) in [5.41, 5.74) is 6.03. The van der Waals surface area contributed by atoms with E-state index in [2.05, 4.69) is 5.32 Å². The summed E-state index contributed by atoms with van der Waals surface area (Å²) in [6.45, 7) is 0.115. The van der Waals surface area contributed by atoms with Gasteiger partial charge in [-0.15, -0.1) is 0 Å². The second kappa shape index (κ2) is 6.27. The number of thiocarbonyl (C=S) groups is 1. The Labute approximate surface area is 117 Å². The van der Waals surface area contributed by atoms with Crippen LogP contribution < -0.4 is 11.1 Å². The summed E-state index contributed by atoms with van der Waals surface area (Å²) in [6, 6.07) is 4.27. The van der Waals surface area contributed by atoms with Crippen molar-refractivity contribution >= 4 is 32.9 Å². The topological polar surface area (TPSA) is 75.4 Å². The molecule has 3 N–H and O–H groups in total. The Morgan fingerprint density at radius 1 is 1.47 bits per heavy atom. The van der Waals surface area contributed by atoms with E-state index in [9.17, 15) is 12.8 Å². The van der Waals surface area contributed by atoms with Gasteiger partial charge in [0, 0.05) is 26.2 Å². The number of hydrogen-bond donors (Lipinski definition) is 2. The molecule has 0 heterocycles. The monoisotopic (exact) mass is 305 g/mol. The Bertz CT molecular complexity index is 573. The molecule has 1 aromatic carbocycles. The Balaban J connectivity index is 2.67. The first-order chi connectivity index (χ1) is 8.74. The average molecular weight is 305 g/mol. The lowest BCUT2D eigenvalue weighted by Gasteiger charge is -2.12. The molecule has 0 atom stereocenters. The summed E-state index contributed by atoms with van der Waals surface area (Å²) in [5.74, 6) is -0.635. The number of sulfonamides is 1. The number of nitrogens with zero attached hydrogens (tertiary/aromatic N) is 1. The van der Waals surface area contributed by atoms with Crippen LogP contribution in [-0.4, -0.2) is 44.1 Å². The third kappa shape index (κ3) is 4.41. The van der Waals surface area contributed by atoms with Crippen molar-refractivity contribution in [3.05, 3.63) is 29.6 Å². The van der Waals surface area contributed by atoms with Crippen molar-refractivity contribution in [2.24, 2.45) is 5.73 Å². The maximum atomic E-state index is 13.7. The number of benzene rings is 1. The summed E-state index contributed by atoms with van der Waals surface area (Å²) in [7, 11) is -0.393. The van der Waals surface area contributed by atoms with E-state index >= 15 is 0 Å². The predicted molar refractivity (Wildman–Crippen MR) is 78.3 cm³/mol. The minimum atomic E-state index is -3.30. The fourth-order valence-electron chi connectivity index (χ4n) is 1.31. The van der Waals surface area contributed by atoms with Crippen LogP contribution in [0.1, 0.15) is 5.56 Å². The van der Waals surface area contributed by atoms with Crippen molar-refractivity contribution in [1.29, 1.82) is 0 Å². The molecule has 0 radical (unpaired) electrons. The first kappa shape index (κ1) is 15.8. The second-order valence-corrected chi connectivity index (χ2v) is 6.83. The predicted octanol–water partition coefficient (Wildman–Crippen LogP) is 0.763. The van der Waals surface area contributed by atoms with Gasteiger partial charge in [-0.2, -0.15) is 0 Å². The molecule has 0 bridgehead atoms. The normalized spacial score (nSPS) is 11.6. The number of halogens is 1. The molecule has 0 aliphatic heterocycles. The van der Waals surface area contributed by atoms with Crippen LogP contribution in [0.15, 0.2) is 18.2 Å². The number of nitrogens with one attached hydrogen (secondary N) is 1. The van der Waals surface area contributed by atoms with Gasteiger partial charge in [0.25, 0.3) is 0 Å².